The standard InChI is InChI=1S/C26H34N6O/c1-4-5-6-20-17-28-25-22(20)16-21(18-29-25)19-7-8-24(27)23(15-19)26(33)32-13-11-31(12-14-32)10-9-30(2)3/h5-8,15-18H,4,9-14,27H2,1-3H3,(H,28,29)/b6-5+. The molecule has 3 heterocycles. The largest absolute Gasteiger partial charge is 0.398 e. The molecule has 3 N–H and O–H groups in total. The van der Waals surface area contributed by atoms with Crippen molar-refractivity contribution in [2.24, 2.45) is 0 Å². The number of carbonyl (C=O) groups excluding carboxylic acids is 1. The highest BCUT2D eigenvalue weighted by molar-refractivity contribution is 6.01. The van der Waals surface area contributed by atoms with Gasteiger partial charge in [0.15, 0.2) is 0 Å². The van der Waals surface area contributed by atoms with Gasteiger partial charge in [0.2, 0.25) is 0 Å². The van der Waals surface area contributed by atoms with E-state index in [4.69, 9.17) is 5.73 Å². The lowest BCUT2D eigenvalue weighted by atomic mass is 10.0. The van der Waals surface area contributed by atoms with Gasteiger partial charge in [-0.05, 0) is 44.3 Å². The molecular weight excluding hydrogens is 412 g/mol. The maximum Gasteiger partial charge on any atom is 0.256 e. The molecule has 0 unspecified atom stereocenters. The van der Waals surface area contributed by atoms with Crippen LogP contribution in [0.4, 0.5) is 5.69 Å². The number of hydrogen-bond acceptors (Lipinski definition) is 5. The van der Waals surface area contributed by atoms with Crippen LogP contribution in [-0.4, -0.2) is 83.9 Å². The fourth-order valence-corrected chi connectivity index (χ4v) is 4.17. The van der Waals surface area contributed by atoms with Gasteiger partial charge in [0.1, 0.15) is 5.65 Å². The number of anilines is 1. The number of benzene rings is 1. The third kappa shape index (κ3) is 5.26. The van der Waals surface area contributed by atoms with E-state index in [0.29, 0.717) is 11.3 Å². The van der Waals surface area contributed by atoms with E-state index < -0.39 is 0 Å². The molecule has 1 aliphatic heterocycles. The third-order valence-corrected chi connectivity index (χ3v) is 6.24. The van der Waals surface area contributed by atoms with Crippen molar-refractivity contribution in [1.82, 2.24) is 24.7 Å². The first-order chi connectivity index (χ1) is 16.0. The molecule has 174 valence electrons. The summed E-state index contributed by atoms with van der Waals surface area (Å²) in [6, 6.07) is 7.82. The molecule has 0 saturated carbocycles. The fourth-order valence-electron chi connectivity index (χ4n) is 4.17. The fraction of sp³-hybridized carbons (Fsp3) is 0.385. The minimum Gasteiger partial charge on any atom is -0.398 e. The quantitative estimate of drug-likeness (QED) is 0.543. The molecule has 7 nitrogen and oxygen atoms in total. The summed E-state index contributed by atoms with van der Waals surface area (Å²) in [7, 11) is 4.17. The van der Waals surface area contributed by atoms with Crippen LogP contribution < -0.4 is 5.73 Å². The highest BCUT2D eigenvalue weighted by atomic mass is 16.2. The van der Waals surface area contributed by atoms with E-state index in [1.54, 1.807) is 0 Å². The number of hydrogen-bond donors (Lipinski definition) is 2. The Morgan fingerprint density at radius 1 is 1.18 bits per heavy atom. The summed E-state index contributed by atoms with van der Waals surface area (Å²) in [5, 5.41) is 1.07. The summed E-state index contributed by atoms with van der Waals surface area (Å²) in [5.41, 5.74) is 11.2. The second kappa shape index (κ2) is 10.2. The number of rotatable bonds is 7. The number of carbonyl (C=O) groups is 1. The zero-order chi connectivity index (χ0) is 23.4. The summed E-state index contributed by atoms with van der Waals surface area (Å²) in [4.78, 5) is 27.6. The lowest BCUT2D eigenvalue weighted by Gasteiger charge is -2.35. The molecule has 0 bridgehead atoms. The third-order valence-electron chi connectivity index (χ3n) is 6.24. The molecule has 0 atom stereocenters. The smallest absolute Gasteiger partial charge is 0.256 e. The topological polar surface area (TPSA) is 81.5 Å². The predicted octanol–water partition coefficient (Wildman–Crippen LogP) is 3.55. The number of nitrogen functional groups attached to an aromatic ring is 1. The van der Waals surface area contributed by atoms with Gasteiger partial charge in [0, 0.05) is 73.9 Å². The molecule has 0 radical (unpaired) electrons. The lowest BCUT2D eigenvalue weighted by Crippen LogP contribution is -2.50. The molecule has 0 spiro atoms. The molecular formula is C26H34N6O. The van der Waals surface area contributed by atoms with E-state index in [2.05, 4.69) is 59.0 Å². The van der Waals surface area contributed by atoms with Crippen molar-refractivity contribution in [3.63, 3.8) is 0 Å². The van der Waals surface area contributed by atoms with E-state index in [1.165, 1.54) is 0 Å². The zero-order valence-corrected chi connectivity index (χ0v) is 19.8. The van der Waals surface area contributed by atoms with Crippen molar-refractivity contribution in [2.45, 2.75) is 13.3 Å². The Morgan fingerprint density at radius 3 is 2.70 bits per heavy atom. The Morgan fingerprint density at radius 2 is 1.97 bits per heavy atom. The lowest BCUT2D eigenvalue weighted by molar-refractivity contribution is 0.0631. The molecule has 0 aliphatic carbocycles. The Hall–Kier alpha value is -3.16. The van der Waals surface area contributed by atoms with Crippen LogP contribution in [-0.2, 0) is 0 Å². The molecule has 4 rings (SSSR count). The number of H-pyrrole nitrogens is 1. The second-order valence-corrected chi connectivity index (χ2v) is 8.91. The number of pyridine rings is 1. The first-order valence-electron chi connectivity index (χ1n) is 11.7. The van der Waals surface area contributed by atoms with Crippen LogP contribution >= 0.6 is 0 Å². The van der Waals surface area contributed by atoms with E-state index in [1.807, 2.05) is 35.5 Å². The van der Waals surface area contributed by atoms with Crippen LogP contribution in [0.2, 0.25) is 0 Å². The van der Waals surface area contributed by atoms with E-state index >= 15 is 0 Å². The van der Waals surface area contributed by atoms with Gasteiger partial charge in [0.25, 0.3) is 5.91 Å². The van der Waals surface area contributed by atoms with Gasteiger partial charge in [-0.1, -0.05) is 25.1 Å². The van der Waals surface area contributed by atoms with Crippen molar-refractivity contribution >= 4 is 28.7 Å². The predicted molar refractivity (Wildman–Crippen MR) is 136 cm³/mol. The summed E-state index contributed by atoms with van der Waals surface area (Å²) >= 11 is 0. The molecule has 2 aromatic heterocycles. The molecule has 1 saturated heterocycles. The first-order valence-corrected chi connectivity index (χ1v) is 11.7. The van der Waals surface area contributed by atoms with Crippen molar-refractivity contribution in [2.75, 3.05) is 59.1 Å². The van der Waals surface area contributed by atoms with Gasteiger partial charge in [-0.3, -0.25) is 9.69 Å². The maximum atomic E-state index is 13.3. The zero-order valence-electron chi connectivity index (χ0n) is 19.8. The van der Waals surface area contributed by atoms with Gasteiger partial charge in [-0.2, -0.15) is 0 Å². The number of amides is 1. The van der Waals surface area contributed by atoms with E-state index in [9.17, 15) is 4.79 Å². The normalized spacial score (nSPS) is 15.2. The SMILES string of the molecule is CC/C=C/c1c[nH]c2ncc(-c3ccc(N)c(C(=O)N4CCN(CCN(C)C)CC4)c3)cc12. The van der Waals surface area contributed by atoms with Gasteiger partial charge >= 0.3 is 0 Å². The summed E-state index contributed by atoms with van der Waals surface area (Å²) in [6.45, 7) is 7.39. The number of aromatic nitrogens is 2. The minimum absolute atomic E-state index is 0.00357. The number of allylic oxidation sites excluding steroid dienone is 1. The number of aromatic amines is 1. The molecule has 33 heavy (non-hydrogen) atoms. The maximum absolute atomic E-state index is 13.3. The second-order valence-electron chi connectivity index (χ2n) is 8.91. The molecule has 1 aromatic carbocycles. The number of nitrogens with one attached hydrogen (secondary N) is 1. The van der Waals surface area contributed by atoms with Crippen molar-refractivity contribution in [3.8, 4) is 11.1 Å². The minimum atomic E-state index is 0.00357. The molecule has 7 heteroatoms. The van der Waals surface area contributed by atoms with Crippen molar-refractivity contribution in [1.29, 1.82) is 0 Å². The Kier molecular flexibility index (Phi) is 7.11. The number of nitrogens with zero attached hydrogens (tertiary/aromatic N) is 4. The van der Waals surface area contributed by atoms with Crippen molar-refractivity contribution < 1.29 is 4.79 Å². The Labute approximate surface area is 195 Å². The van der Waals surface area contributed by atoms with E-state index in [-0.39, 0.29) is 5.91 Å². The highest BCUT2D eigenvalue weighted by Gasteiger charge is 2.24. The van der Waals surface area contributed by atoms with Gasteiger partial charge in [0.05, 0.1) is 5.56 Å². The van der Waals surface area contributed by atoms with Gasteiger partial charge < -0.3 is 20.5 Å². The Bertz CT molecular complexity index is 1140. The van der Waals surface area contributed by atoms with Crippen LogP contribution in [0.25, 0.3) is 28.2 Å². The van der Waals surface area contributed by atoms with Crippen LogP contribution in [0.5, 0.6) is 0 Å². The van der Waals surface area contributed by atoms with Crippen LogP contribution in [0.1, 0.15) is 29.3 Å². The van der Waals surface area contributed by atoms with Crippen LogP contribution in [0, 0.1) is 0 Å². The van der Waals surface area contributed by atoms with Gasteiger partial charge in [-0.15, -0.1) is 0 Å². The summed E-state index contributed by atoms with van der Waals surface area (Å²) in [5.74, 6) is 0.00357. The monoisotopic (exact) mass is 446 g/mol. The summed E-state index contributed by atoms with van der Waals surface area (Å²) in [6.07, 6.45) is 9.04. The van der Waals surface area contributed by atoms with Crippen LogP contribution in [0.3, 0.4) is 0 Å². The van der Waals surface area contributed by atoms with Crippen LogP contribution in [0.15, 0.2) is 42.7 Å². The molecule has 3 aromatic rings. The molecule has 1 amide bonds. The van der Waals surface area contributed by atoms with E-state index in [0.717, 1.165) is 73.4 Å². The number of piperazine rings is 1. The highest BCUT2D eigenvalue weighted by Crippen LogP contribution is 2.28. The number of likely N-dealkylation sites (N-methyl/N-ethyl adjacent to an activating group) is 1. The number of fused-ring (bicyclic) bond motifs is 1. The number of nitrogens with two attached hydrogens (primary N) is 1. The molecule has 1 fully saturated rings. The Balaban J connectivity index is 1.53. The first kappa shape index (κ1) is 23.0. The van der Waals surface area contributed by atoms with Gasteiger partial charge in [-0.25, -0.2) is 4.98 Å². The summed E-state index contributed by atoms with van der Waals surface area (Å²) < 4.78 is 0. The molecule has 1 aliphatic rings. The average Bonchev–Trinajstić information content (AvgIpc) is 3.23. The van der Waals surface area contributed by atoms with Crippen molar-refractivity contribution in [3.05, 3.63) is 53.9 Å². The average molecular weight is 447 g/mol.